The molecule has 25 heavy (non-hydrogen) atoms. The van der Waals surface area contributed by atoms with Gasteiger partial charge >= 0.3 is 0 Å². The lowest BCUT2D eigenvalue weighted by atomic mass is 9.86. The van der Waals surface area contributed by atoms with E-state index in [0.717, 1.165) is 24.2 Å². The molecule has 1 aromatic rings. The Balaban J connectivity index is 1.61. The van der Waals surface area contributed by atoms with Gasteiger partial charge in [0.25, 0.3) is 5.91 Å². The van der Waals surface area contributed by atoms with Crippen LogP contribution in [-0.2, 0) is 9.59 Å². The second-order valence-corrected chi connectivity index (χ2v) is 7.11. The monoisotopic (exact) mass is 344 g/mol. The number of fused-ring (bicyclic) bond motifs is 1. The summed E-state index contributed by atoms with van der Waals surface area (Å²) in [5.74, 6) is 1.42. The van der Waals surface area contributed by atoms with Crippen LogP contribution in [0, 0.1) is 5.92 Å². The van der Waals surface area contributed by atoms with Crippen LogP contribution in [0.25, 0.3) is 0 Å². The van der Waals surface area contributed by atoms with E-state index in [4.69, 9.17) is 4.74 Å². The van der Waals surface area contributed by atoms with Gasteiger partial charge in [0.05, 0.1) is 5.69 Å². The molecule has 5 nitrogen and oxygen atoms in total. The lowest BCUT2D eigenvalue weighted by Crippen LogP contribution is -2.39. The fraction of sp³-hybridized carbons (Fsp3) is 0.600. The van der Waals surface area contributed by atoms with E-state index in [1.165, 1.54) is 32.1 Å². The first-order valence-corrected chi connectivity index (χ1v) is 9.54. The molecule has 5 heteroatoms. The van der Waals surface area contributed by atoms with Crippen LogP contribution in [0.5, 0.6) is 5.75 Å². The highest BCUT2D eigenvalue weighted by Crippen LogP contribution is 2.35. The van der Waals surface area contributed by atoms with Gasteiger partial charge < -0.3 is 15.0 Å². The topological polar surface area (TPSA) is 58.6 Å². The number of carbonyl (C=O) groups is 2. The summed E-state index contributed by atoms with van der Waals surface area (Å²) < 4.78 is 5.50. The van der Waals surface area contributed by atoms with Gasteiger partial charge in [-0.2, -0.15) is 0 Å². The molecule has 2 amide bonds. The summed E-state index contributed by atoms with van der Waals surface area (Å²) in [6.45, 7) is 2.79. The summed E-state index contributed by atoms with van der Waals surface area (Å²) in [5.41, 5.74) is 1.48. The van der Waals surface area contributed by atoms with Gasteiger partial charge in [0.2, 0.25) is 5.91 Å². The number of anilines is 2. The summed E-state index contributed by atoms with van der Waals surface area (Å²) in [6, 6.07) is 5.53. The highest BCUT2D eigenvalue weighted by molar-refractivity contribution is 5.99. The molecule has 0 bridgehead atoms. The van der Waals surface area contributed by atoms with E-state index in [1.807, 2.05) is 25.1 Å². The summed E-state index contributed by atoms with van der Waals surface area (Å²) in [5, 5.41) is 2.98. The third-order valence-electron chi connectivity index (χ3n) is 5.14. The summed E-state index contributed by atoms with van der Waals surface area (Å²) in [6.07, 6.45) is 8.89. The Morgan fingerprint density at radius 1 is 1.28 bits per heavy atom. The van der Waals surface area contributed by atoms with Gasteiger partial charge in [-0.15, -0.1) is 0 Å². The van der Waals surface area contributed by atoms with E-state index >= 15 is 0 Å². The number of hydrogen-bond acceptors (Lipinski definition) is 3. The molecule has 3 rings (SSSR count). The second kappa shape index (κ2) is 8.37. The Labute approximate surface area is 149 Å². The highest BCUT2D eigenvalue weighted by atomic mass is 16.5. The van der Waals surface area contributed by atoms with Crippen LogP contribution in [0.15, 0.2) is 18.2 Å². The zero-order valence-corrected chi connectivity index (χ0v) is 15.1. The Kier molecular flexibility index (Phi) is 5.95. The number of carbonyl (C=O) groups excluding carboxylic acids is 2. The van der Waals surface area contributed by atoms with Crippen molar-refractivity contribution < 1.29 is 14.3 Å². The van der Waals surface area contributed by atoms with Crippen molar-refractivity contribution in [2.24, 2.45) is 5.92 Å². The first kappa shape index (κ1) is 17.8. The van der Waals surface area contributed by atoms with Gasteiger partial charge in [0.15, 0.2) is 6.61 Å². The maximum absolute atomic E-state index is 12.3. The molecule has 1 saturated carbocycles. The van der Waals surface area contributed by atoms with E-state index in [1.54, 1.807) is 4.90 Å². The molecule has 1 aliphatic carbocycles. The third-order valence-corrected chi connectivity index (χ3v) is 5.14. The molecular weight excluding hydrogens is 316 g/mol. The number of amides is 2. The Bertz CT molecular complexity index is 623. The van der Waals surface area contributed by atoms with Crippen LogP contribution in [0.1, 0.15) is 58.3 Å². The smallest absolute Gasteiger partial charge is 0.265 e. The first-order chi connectivity index (χ1) is 12.2. The van der Waals surface area contributed by atoms with E-state index in [0.29, 0.717) is 24.6 Å². The van der Waals surface area contributed by atoms with Crippen molar-refractivity contribution >= 4 is 23.2 Å². The molecule has 0 spiro atoms. The van der Waals surface area contributed by atoms with Gasteiger partial charge in [-0.3, -0.25) is 9.59 Å². The molecule has 1 fully saturated rings. The van der Waals surface area contributed by atoms with E-state index < -0.39 is 0 Å². The van der Waals surface area contributed by atoms with E-state index in [9.17, 15) is 9.59 Å². The summed E-state index contributed by atoms with van der Waals surface area (Å²) >= 11 is 0. The summed E-state index contributed by atoms with van der Waals surface area (Å²) in [4.78, 5) is 26.1. The minimum Gasteiger partial charge on any atom is -0.482 e. The van der Waals surface area contributed by atoms with Crippen LogP contribution < -0.4 is 15.0 Å². The number of ether oxygens (including phenoxy) is 1. The van der Waals surface area contributed by atoms with Crippen molar-refractivity contribution in [3.8, 4) is 5.75 Å². The molecule has 1 aromatic carbocycles. The fourth-order valence-corrected chi connectivity index (χ4v) is 3.78. The molecule has 1 aliphatic heterocycles. The number of hydrogen-bond donors (Lipinski definition) is 1. The number of nitrogens with zero attached hydrogens (tertiary/aromatic N) is 1. The lowest BCUT2D eigenvalue weighted by Gasteiger charge is -2.29. The van der Waals surface area contributed by atoms with Crippen molar-refractivity contribution in [3.63, 3.8) is 0 Å². The minimum atomic E-state index is -0.0323. The van der Waals surface area contributed by atoms with Crippen LogP contribution >= 0.6 is 0 Å². The quantitative estimate of drug-likeness (QED) is 0.844. The average Bonchev–Trinajstić information content (AvgIpc) is 2.63. The predicted molar refractivity (Wildman–Crippen MR) is 99.0 cm³/mol. The second-order valence-electron chi connectivity index (χ2n) is 7.11. The van der Waals surface area contributed by atoms with Crippen LogP contribution in [0.3, 0.4) is 0 Å². The van der Waals surface area contributed by atoms with Crippen molar-refractivity contribution in [1.82, 2.24) is 0 Å². The van der Waals surface area contributed by atoms with Crippen LogP contribution in [0.2, 0.25) is 0 Å². The first-order valence-electron chi connectivity index (χ1n) is 9.54. The average molecular weight is 344 g/mol. The van der Waals surface area contributed by atoms with Gasteiger partial charge in [-0.05, 0) is 37.0 Å². The molecule has 1 heterocycles. The molecule has 0 saturated heterocycles. The minimum absolute atomic E-state index is 0.0323. The molecule has 2 aliphatic rings. The number of nitrogens with one attached hydrogen (secondary N) is 1. The third kappa shape index (κ3) is 4.53. The Morgan fingerprint density at radius 3 is 2.84 bits per heavy atom. The van der Waals surface area contributed by atoms with Crippen LogP contribution in [-0.4, -0.2) is 25.0 Å². The van der Waals surface area contributed by atoms with Gasteiger partial charge in [-0.1, -0.05) is 39.0 Å². The van der Waals surface area contributed by atoms with Gasteiger partial charge in [0, 0.05) is 18.7 Å². The fourth-order valence-electron chi connectivity index (χ4n) is 3.78. The van der Waals surface area contributed by atoms with Gasteiger partial charge in [0.1, 0.15) is 5.75 Å². The van der Waals surface area contributed by atoms with Crippen molar-refractivity contribution in [2.45, 2.75) is 58.3 Å². The summed E-state index contributed by atoms with van der Waals surface area (Å²) in [7, 11) is 0. The SMILES string of the molecule is CCCN1C(=O)COc2ccc(NC(=O)CCC3CCCCC3)cc21. The normalized spacial score (nSPS) is 17.8. The number of rotatable bonds is 6. The molecular formula is C20H28N2O3. The molecule has 0 unspecified atom stereocenters. The van der Waals surface area contributed by atoms with Crippen molar-refractivity contribution in [1.29, 1.82) is 0 Å². The van der Waals surface area contributed by atoms with E-state index in [-0.39, 0.29) is 18.4 Å². The standard InChI is InChI=1S/C20H28N2O3/c1-2-12-22-17-13-16(9-10-18(17)25-14-20(22)24)21-19(23)11-8-15-6-4-3-5-7-15/h9-10,13,15H,2-8,11-12,14H2,1H3,(H,21,23). The maximum Gasteiger partial charge on any atom is 0.265 e. The predicted octanol–water partition coefficient (Wildman–Crippen LogP) is 4.12. The molecule has 0 aromatic heterocycles. The lowest BCUT2D eigenvalue weighted by molar-refractivity contribution is -0.121. The molecule has 1 N–H and O–H groups in total. The molecule has 136 valence electrons. The van der Waals surface area contributed by atoms with Crippen molar-refractivity contribution in [2.75, 3.05) is 23.4 Å². The van der Waals surface area contributed by atoms with Gasteiger partial charge in [-0.25, -0.2) is 0 Å². The Morgan fingerprint density at radius 2 is 2.08 bits per heavy atom. The Hall–Kier alpha value is -2.04. The van der Waals surface area contributed by atoms with Crippen LogP contribution in [0.4, 0.5) is 11.4 Å². The zero-order valence-electron chi connectivity index (χ0n) is 15.1. The largest absolute Gasteiger partial charge is 0.482 e. The van der Waals surface area contributed by atoms with Crippen molar-refractivity contribution in [3.05, 3.63) is 18.2 Å². The number of benzene rings is 1. The maximum atomic E-state index is 12.3. The zero-order chi connectivity index (χ0) is 17.6. The van der Waals surface area contributed by atoms with E-state index in [2.05, 4.69) is 5.32 Å². The molecule has 0 radical (unpaired) electrons. The highest BCUT2D eigenvalue weighted by Gasteiger charge is 2.25. The molecule has 0 atom stereocenters.